The number of hydrogen-bond donors (Lipinski definition) is 1. The molecule has 1 N–H and O–H groups in total. The van der Waals surface area contributed by atoms with Crippen LogP contribution in [-0.4, -0.2) is 36.6 Å². The smallest absolute Gasteiger partial charge is 0.298 e. The molecule has 3 aromatic rings. The number of aromatic nitrogens is 1. The Morgan fingerprint density at radius 3 is 2.85 bits per heavy atom. The van der Waals surface area contributed by atoms with Crippen molar-refractivity contribution in [3.63, 3.8) is 0 Å². The first-order valence-electron chi connectivity index (χ1n) is 9.38. The largest absolute Gasteiger partial charge is 0.494 e. The van der Waals surface area contributed by atoms with Gasteiger partial charge < -0.3 is 19.4 Å². The first kappa shape index (κ1) is 17.4. The molecule has 0 aliphatic carbocycles. The van der Waals surface area contributed by atoms with E-state index in [1.807, 2.05) is 43.3 Å². The van der Waals surface area contributed by atoms with Gasteiger partial charge in [0.25, 0.3) is 11.9 Å². The van der Waals surface area contributed by atoms with Crippen LogP contribution >= 0.6 is 0 Å². The molecule has 2 heterocycles. The van der Waals surface area contributed by atoms with Gasteiger partial charge in [0, 0.05) is 18.7 Å². The normalized spacial score (nSPS) is 16.6. The molecule has 1 unspecified atom stereocenters. The van der Waals surface area contributed by atoms with Gasteiger partial charge in [0.1, 0.15) is 11.3 Å². The highest BCUT2D eigenvalue weighted by Gasteiger charge is 2.28. The number of benzene rings is 2. The molecular formula is C21H23N3O3. The number of oxazole rings is 1. The van der Waals surface area contributed by atoms with Gasteiger partial charge in [-0.25, -0.2) is 0 Å². The van der Waals surface area contributed by atoms with Gasteiger partial charge in [-0.1, -0.05) is 12.1 Å². The highest BCUT2D eigenvalue weighted by molar-refractivity contribution is 5.94. The average molecular weight is 365 g/mol. The zero-order chi connectivity index (χ0) is 18.6. The van der Waals surface area contributed by atoms with Crippen molar-refractivity contribution in [3.05, 3.63) is 54.1 Å². The van der Waals surface area contributed by atoms with E-state index in [4.69, 9.17) is 9.15 Å². The van der Waals surface area contributed by atoms with Crippen molar-refractivity contribution in [2.75, 3.05) is 24.6 Å². The number of carbonyl (C=O) groups excluding carboxylic acids is 1. The van der Waals surface area contributed by atoms with Crippen LogP contribution in [0.3, 0.4) is 0 Å². The fourth-order valence-electron chi connectivity index (χ4n) is 3.46. The topological polar surface area (TPSA) is 67.6 Å². The monoisotopic (exact) mass is 365 g/mol. The fourth-order valence-corrected chi connectivity index (χ4v) is 3.46. The number of ether oxygens (including phenoxy) is 1. The summed E-state index contributed by atoms with van der Waals surface area (Å²) in [5.41, 5.74) is 2.28. The van der Waals surface area contributed by atoms with Crippen LogP contribution in [0.15, 0.2) is 52.9 Å². The highest BCUT2D eigenvalue weighted by atomic mass is 16.5. The maximum Gasteiger partial charge on any atom is 0.298 e. The van der Waals surface area contributed by atoms with Crippen LogP contribution in [0.1, 0.15) is 30.1 Å². The molecule has 4 rings (SSSR count). The summed E-state index contributed by atoms with van der Waals surface area (Å²) in [4.78, 5) is 19.2. The zero-order valence-electron chi connectivity index (χ0n) is 15.4. The van der Waals surface area contributed by atoms with Gasteiger partial charge in [-0.3, -0.25) is 4.79 Å². The number of para-hydroxylation sites is 2. The summed E-state index contributed by atoms with van der Waals surface area (Å²) in [5.74, 6) is 0.689. The van der Waals surface area contributed by atoms with E-state index >= 15 is 0 Å². The van der Waals surface area contributed by atoms with E-state index in [9.17, 15) is 4.79 Å². The lowest BCUT2D eigenvalue weighted by atomic mass is 10.2. The van der Waals surface area contributed by atoms with Gasteiger partial charge in [-0.05, 0) is 56.2 Å². The second-order valence-electron chi connectivity index (χ2n) is 6.62. The molecule has 1 saturated heterocycles. The Morgan fingerprint density at radius 2 is 2.07 bits per heavy atom. The molecule has 1 fully saturated rings. The lowest BCUT2D eigenvalue weighted by Gasteiger charge is -2.23. The van der Waals surface area contributed by atoms with Crippen molar-refractivity contribution >= 4 is 23.0 Å². The lowest BCUT2D eigenvalue weighted by molar-refractivity contribution is 0.0951. The van der Waals surface area contributed by atoms with Crippen LogP contribution in [0.5, 0.6) is 5.75 Å². The number of amides is 1. The molecule has 0 saturated carbocycles. The van der Waals surface area contributed by atoms with E-state index in [-0.39, 0.29) is 11.9 Å². The Hall–Kier alpha value is -3.02. The molecule has 1 amide bonds. The molecule has 27 heavy (non-hydrogen) atoms. The van der Waals surface area contributed by atoms with Crippen molar-refractivity contribution in [2.45, 2.75) is 25.8 Å². The van der Waals surface area contributed by atoms with Gasteiger partial charge in [0.15, 0.2) is 5.58 Å². The van der Waals surface area contributed by atoms with Crippen LogP contribution < -0.4 is 15.0 Å². The number of nitrogens with zero attached hydrogens (tertiary/aromatic N) is 2. The van der Waals surface area contributed by atoms with Crippen molar-refractivity contribution in [1.82, 2.24) is 10.3 Å². The summed E-state index contributed by atoms with van der Waals surface area (Å²) >= 11 is 0. The number of fused-ring (bicyclic) bond motifs is 1. The summed E-state index contributed by atoms with van der Waals surface area (Å²) in [6, 6.07) is 15.8. The average Bonchev–Trinajstić information content (AvgIpc) is 3.33. The minimum Gasteiger partial charge on any atom is -0.494 e. The second kappa shape index (κ2) is 7.70. The number of nitrogens with one attached hydrogen (secondary N) is 1. The third kappa shape index (κ3) is 3.74. The molecular weight excluding hydrogens is 342 g/mol. The molecule has 140 valence electrons. The van der Waals surface area contributed by atoms with Crippen LogP contribution in [0.25, 0.3) is 11.1 Å². The van der Waals surface area contributed by atoms with E-state index < -0.39 is 0 Å². The summed E-state index contributed by atoms with van der Waals surface area (Å²) < 4.78 is 11.3. The van der Waals surface area contributed by atoms with E-state index in [0.717, 1.165) is 36.2 Å². The molecule has 1 atom stereocenters. The quantitative estimate of drug-likeness (QED) is 0.723. The standard InChI is InChI=1S/C21H23N3O3/c1-2-26-17-11-9-15(10-12-17)20(25)22-14-16-6-5-13-24(16)21-23-18-7-3-4-8-19(18)27-21/h3-4,7-12,16H,2,5-6,13-14H2,1H3,(H,22,25). The molecule has 1 aromatic heterocycles. The summed E-state index contributed by atoms with van der Waals surface area (Å²) in [6.45, 7) is 3.99. The van der Waals surface area contributed by atoms with Gasteiger partial charge in [-0.15, -0.1) is 0 Å². The Balaban J connectivity index is 1.40. The third-order valence-electron chi connectivity index (χ3n) is 4.83. The van der Waals surface area contributed by atoms with Gasteiger partial charge in [0.05, 0.1) is 12.6 Å². The van der Waals surface area contributed by atoms with E-state index in [1.54, 1.807) is 12.1 Å². The summed E-state index contributed by atoms with van der Waals surface area (Å²) in [5, 5.41) is 3.03. The Bertz CT molecular complexity index is 887. The van der Waals surface area contributed by atoms with Gasteiger partial charge >= 0.3 is 0 Å². The second-order valence-corrected chi connectivity index (χ2v) is 6.62. The lowest BCUT2D eigenvalue weighted by Crippen LogP contribution is -2.40. The van der Waals surface area contributed by atoms with Crippen molar-refractivity contribution < 1.29 is 13.9 Å². The van der Waals surface area contributed by atoms with Crippen molar-refractivity contribution in [2.24, 2.45) is 0 Å². The molecule has 6 heteroatoms. The van der Waals surface area contributed by atoms with Gasteiger partial charge in [0.2, 0.25) is 0 Å². The molecule has 0 radical (unpaired) electrons. The minimum absolute atomic E-state index is 0.0811. The number of carbonyl (C=O) groups is 1. The molecule has 1 aliphatic rings. The van der Waals surface area contributed by atoms with E-state index in [2.05, 4.69) is 15.2 Å². The van der Waals surface area contributed by atoms with Crippen LogP contribution in [0.2, 0.25) is 0 Å². The van der Waals surface area contributed by atoms with E-state index in [1.165, 1.54) is 0 Å². The van der Waals surface area contributed by atoms with Crippen molar-refractivity contribution in [1.29, 1.82) is 0 Å². The van der Waals surface area contributed by atoms with Crippen LogP contribution in [-0.2, 0) is 0 Å². The van der Waals surface area contributed by atoms with Gasteiger partial charge in [-0.2, -0.15) is 4.98 Å². The third-order valence-corrected chi connectivity index (χ3v) is 4.83. The highest BCUT2D eigenvalue weighted by Crippen LogP contribution is 2.28. The van der Waals surface area contributed by atoms with Crippen LogP contribution in [0, 0.1) is 0 Å². The maximum atomic E-state index is 12.4. The SMILES string of the molecule is CCOc1ccc(C(=O)NCC2CCCN2c2nc3ccccc3o2)cc1. The maximum absolute atomic E-state index is 12.4. The first-order chi connectivity index (χ1) is 13.2. The number of hydrogen-bond acceptors (Lipinski definition) is 5. The molecule has 1 aliphatic heterocycles. The predicted molar refractivity (Wildman–Crippen MR) is 104 cm³/mol. The van der Waals surface area contributed by atoms with Crippen molar-refractivity contribution in [3.8, 4) is 5.75 Å². The molecule has 0 spiro atoms. The summed E-state index contributed by atoms with van der Waals surface area (Å²) in [6.07, 6.45) is 2.06. The summed E-state index contributed by atoms with van der Waals surface area (Å²) in [7, 11) is 0. The molecule has 0 bridgehead atoms. The number of rotatable bonds is 6. The van der Waals surface area contributed by atoms with Crippen LogP contribution in [0.4, 0.5) is 6.01 Å². The predicted octanol–water partition coefficient (Wildman–Crippen LogP) is 3.63. The molecule has 2 aromatic carbocycles. The zero-order valence-corrected chi connectivity index (χ0v) is 15.4. The Labute approximate surface area is 158 Å². The Kier molecular flexibility index (Phi) is 4.96. The Morgan fingerprint density at radius 1 is 1.26 bits per heavy atom. The van der Waals surface area contributed by atoms with E-state index in [0.29, 0.717) is 24.7 Å². The number of anilines is 1. The molecule has 6 nitrogen and oxygen atoms in total. The first-order valence-corrected chi connectivity index (χ1v) is 9.38. The minimum atomic E-state index is -0.0811. The fraction of sp³-hybridized carbons (Fsp3) is 0.333.